The summed E-state index contributed by atoms with van der Waals surface area (Å²) in [6.07, 6.45) is 0. The van der Waals surface area contributed by atoms with Gasteiger partial charge in [0.1, 0.15) is 11.6 Å². The lowest BCUT2D eigenvalue weighted by atomic mass is 10.1. The zero-order valence-electron chi connectivity index (χ0n) is 10.7. The third kappa shape index (κ3) is 3.57. The van der Waals surface area contributed by atoms with Crippen molar-refractivity contribution in [2.75, 3.05) is 7.11 Å². The molecule has 0 fully saturated rings. The van der Waals surface area contributed by atoms with E-state index in [1.165, 1.54) is 43.1 Å². The number of methoxy groups -OCH3 is 1. The Balaban J connectivity index is 2.05. The van der Waals surface area contributed by atoms with Crippen molar-refractivity contribution in [3.63, 3.8) is 0 Å². The van der Waals surface area contributed by atoms with Crippen LogP contribution in [0.5, 0.6) is 0 Å². The minimum Gasteiger partial charge on any atom is -0.465 e. The summed E-state index contributed by atoms with van der Waals surface area (Å²) < 4.78 is 30.9. The lowest BCUT2D eigenvalue weighted by Crippen LogP contribution is -2.04. The second-order valence-corrected chi connectivity index (χ2v) is 5.10. The van der Waals surface area contributed by atoms with Crippen molar-refractivity contribution >= 4 is 17.7 Å². The Morgan fingerprint density at radius 3 is 2.45 bits per heavy atom. The molecule has 0 heterocycles. The minimum absolute atomic E-state index is 0.0805. The molecule has 0 saturated carbocycles. The van der Waals surface area contributed by atoms with Crippen LogP contribution in [-0.2, 0) is 10.5 Å². The highest BCUT2D eigenvalue weighted by Gasteiger charge is 2.12. The van der Waals surface area contributed by atoms with Gasteiger partial charge in [-0.25, -0.2) is 13.6 Å². The second kappa shape index (κ2) is 6.52. The van der Waals surface area contributed by atoms with Gasteiger partial charge < -0.3 is 4.74 Å². The van der Waals surface area contributed by atoms with E-state index >= 15 is 0 Å². The van der Waals surface area contributed by atoms with Crippen LogP contribution in [-0.4, -0.2) is 13.1 Å². The quantitative estimate of drug-likeness (QED) is 0.629. The van der Waals surface area contributed by atoms with Gasteiger partial charge in [-0.05, 0) is 42.0 Å². The molecule has 2 aromatic rings. The largest absolute Gasteiger partial charge is 0.465 e. The summed E-state index contributed by atoms with van der Waals surface area (Å²) in [4.78, 5) is 12.1. The van der Waals surface area contributed by atoms with E-state index in [9.17, 15) is 13.6 Å². The monoisotopic (exact) mass is 294 g/mol. The molecule has 0 aliphatic heterocycles. The second-order valence-electron chi connectivity index (χ2n) is 4.05. The smallest absolute Gasteiger partial charge is 0.340 e. The number of hydrogen-bond acceptors (Lipinski definition) is 3. The van der Waals surface area contributed by atoms with Gasteiger partial charge in [-0.3, -0.25) is 0 Å². The SMILES string of the molecule is COC(=O)c1ccc(CSc2ccc(F)cc2)cc1F. The lowest BCUT2D eigenvalue weighted by Gasteiger charge is -2.05. The predicted octanol–water partition coefficient (Wildman–Crippen LogP) is 4.04. The summed E-state index contributed by atoms with van der Waals surface area (Å²) in [5.41, 5.74) is 0.660. The molecule has 0 bridgehead atoms. The summed E-state index contributed by atoms with van der Waals surface area (Å²) in [5.74, 6) is -1.05. The summed E-state index contributed by atoms with van der Waals surface area (Å²) in [6, 6.07) is 10.5. The van der Waals surface area contributed by atoms with Gasteiger partial charge in [-0.1, -0.05) is 6.07 Å². The van der Waals surface area contributed by atoms with E-state index in [2.05, 4.69) is 4.74 Å². The number of rotatable bonds is 4. The Morgan fingerprint density at radius 1 is 1.15 bits per heavy atom. The zero-order chi connectivity index (χ0) is 14.5. The molecule has 2 nitrogen and oxygen atoms in total. The van der Waals surface area contributed by atoms with Gasteiger partial charge in [-0.15, -0.1) is 11.8 Å². The van der Waals surface area contributed by atoms with E-state index in [4.69, 9.17) is 0 Å². The molecule has 0 radical (unpaired) electrons. The van der Waals surface area contributed by atoms with Gasteiger partial charge >= 0.3 is 5.97 Å². The van der Waals surface area contributed by atoms with Gasteiger partial charge in [0.15, 0.2) is 0 Å². The maximum Gasteiger partial charge on any atom is 0.340 e. The highest BCUT2D eigenvalue weighted by molar-refractivity contribution is 7.98. The first-order chi connectivity index (χ1) is 9.60. The molecule has 104 valence electrons. The van der Waals surface area contributed by atoms with E-state index in [0.29, 0.717) is 5.75 Å². The maximum absolute atomic E-state index is 13.7. The third-order valence-electron chi connectivity index (χ3n) is 2.66. The molecule has 2 aromatic carbocycles. The Kier molecular flexibility index (Phi) is 4.74. The average molecular weight is 294 g/mol. The molecule has 0 aliphatic carbocycles. The molecule has 0 spiro atoms. The van der Waals surface area contributed by atoms with Gasteiger partial charge in [0, 0.05) is 10.6 Å². The normalized spacial score (nSPS) is 10.3. The fraction of sp³-hybridized carbons (Fsp3) is 0.133. The van der Waals surface area contributed by atoms with Crippen molar-refractivity contribution < 1.29 is 18.3 Å². The maximum atomic E-state index is 13.7. The summed E-state index contributed by atoms with van der Waals surface area (Å²) in [7, 11) is 1.21. The van der Waals surface area contributed by atoms with Crippen molar-refractivity contribution in [1.29, 1.82) is 0 Å². The zero-order valence-corrected chi connectivity index (χ0v) is 11.5. The van der Waals surface area contributed by atoms with Crippen LogP contribution in [0.15, 0.2) is 47.4 Å². The molecule has 0 atom stereocenters. The number of carbonyl (C=O) groups excluding carboxylic acids is 1. The third-order valence-corrected chi connectivity index (χ3v) is 3.74. The highest BCUT2D eigenvalue weighted by atomic mass is 32.2. The number of carbonyl (C=O) groups is 1. The van der Waals surface area contributed by atoms with Crippen LogP contribution in [0.1, 0.15) is 15.9 Å². The number of halogens is 2. The van der Waals surface area contributed by atoms with Crippen LogP contribution in [0.3, 0.4) is 0 Å². The van der Waals surface area contributed by atoms with Crippen LogP contribution in [0.4, 0.5) is 8.78 Å². The van der Waals surface area contributed by atoms with Gasteiger partial charge in [0.05, 0.1) is 12.7 Å². The number of benzene rings is 2. The van der Waals surface area contributed by atoms with Crippen molar-refractivity contribution in [2.24, 2.45) is 0 Å². The molecule has 0 amide bonds. The number of hydrogen-bond donors (Lipinski definition) is 0. The molecular formula is C15H12F2O2S. The van der Waals surface area contributed by atoms with Crippen molar-refractivity contribution in [3.8, 4) is 0 Å². The molecule has 5 heteroatoms. The fourth-order valence-corrected chi connectivity index (χ4v) is 2.46. The predicted molar refractivity (Wildman–Crippen MR) is 73.7 cm³/mol. The molecule has 0 unspecified atom stereocenters. The van der Waals surface area contributed by atoms with Gasteiger partial charge in [0.2, 0.25) is 0 Å². The Bertz CT molecular complexity index is 612. The van der Waals surface area contributed by atoms with E-state index in [0.717, 1.165) is 10.5 Å². The first kappa shape index (κ1) is 14.5. The van der Waals surface area contributed by atoms with Crippen molar-refractivity contribution in [2.45, 2.75) is 10.6 Å². The molecule has 0 aromatic heterocycles. The van der Waals surface area contributed by atoms with Crippen LogP contribution in [0.25, 0.3) is 0 Å². The summed E-state index contributed by atoms with van der Waals surface area (Å²) >= 11 is 1.46. The Labute approximate surface area is 119 Å². The summed E-state index contributed by atoms with van der Waals surface area (Å²) in [6.45, 7) is 0. The van der Waals surface area contributed by atoms with Crippen LogP contribution in [0, 0.1) is 11.6 Å². The molecular weight excluding hydrogens is 282 g/mol. The average Bonchev–Trinajstić information content (AvgIpc) is 2.46. The van der Waals surface area contributed by atoms with Crippen molar-refractivity contribution in [1.82, 2.24) is 0 Å². The van der Waals surface area contributed by atoms with Gasteiger partial charge in [-0.2, -0.15) is 0 Å². The topological polar surface area (TPSA) is 26.3 Å². The number of ether oxygens (including phenoxy) is 1. The number of esters is 1. The standard InChI is InChI=1S/C15H12F2O2S/c1-19-15(18)13-7-2-10(8-14(13)17)9-20-12-5-3-11(16)4-6-12/h2-8H,9H2,1H3. The van der Waals surface area contributed by atoms with Crippen LogP contribution >= 0.6 is 11.8 Å². The molecule has 0 N–H and O–H groups in total. The van der Waals surface area contributed by atoms with E-state index in [1.807, 2.05) is 0 Å². The fourth-order valence-electron chi connectivity index (χ4n) is 1.62. The van der Waals surface area contributed by atoms with E-state index in [1.54, 1.807) is 18.2 Å². The molecule has 2 rings (SSSR count). The molecule has 0 aliphatic rings. The van der Waals surface area contributed by atoms with E-state index in [-0.39, 0.29) is 11.4 Å². The van der Waals surface area contributed by atoms with Gasteiger partial charge in [0.25, 0.3) is 0 Å². The van der Waals surface area contributed by atoms with Crippen molar-refractivity contribution in [3.05, 3.63) is 65.2 Å². The highest BCUT2D eigenvalue weighted by Crippen LogP contribution is 2.24. The first-order valence-electron chi connectivity index (χ1n) is 5.85. The van der Waals surface area contributed by atoms with Crippen LogP contribution < -0.4 is 0 Å². The molecule has 20 heavy (non-hydrogen) atoms. The molecule has 0 saturated heterocycles. The Hall–Kier alpha value is -1.88. The Morgan fingerprint density at radius 2 is 1.85 bits per heavy atom. The lowest BCUT2D eigenvalue weighted by molar-refractivity contribution is 0.0595. The van der Waals surface area contributed by atoms with Crippen LogP contribution in [0.2, 0.25) is 0 Å². The summed E-state index contributed by atoms with van der Waals surface area (Å²) in [5, 5.41) is 0. The van der Waals surface area contributed by atoms with E-state index < -0.39 is 11.8 Å². The minimum atomic E-state index is -0.694. The number of thioether (sulfide) groups is 1. The first-order valence-corrected chi connectivity index (χ1v) is 6.84.